The normalized spacial score (nSPS) is 26.3. The molecule has 0 aromatic heterocycles. The Morgan fingerprint density at radius 1 is 0.962 bits per heavy atom. The molecule has 1 aliphatic carbocycles. The molecular weight excluding hydrogens is 328 g/mol. The molecule has 0 saturated heterocycles. The summed E-state index contributed by atoms with van der Waals surface area (Å²) in [7, 11) is 0. The van der Waals surface area contributed by atoms with E-state index in [4.69, 9.17) is 4.74 Å². The molecule has 4 rings (SSSR count). The quantitative estimate of drug-likeness (QED) is 0.366. The molecule has 2 aromatic rings. The molecule has 132 valence electrons. The van der Waals surface area contributed by atoms with E-state index >= 15 is 0 Å². The standard InChI is InChI=1S/C22H20O4/c1-21(2,3)19(24)22-16(14-11-7-8-12-15(14)26-20(22)25)17(22)18(23)13-9-5-4-6-10-13/h4-12,16-17H,1-3H3/t16-,17-,22-/m1/s1. The summed E-state index contributed by atoms with van der Waals surface area (Å²) in [5.41, 5.74) is -0.897. The second kappa shape index (κ2) is 5.37. The van der Waals surface area contributed by atoms with E-state index in [2.05, 4.69) is 0 Å². The SMILES string of the molecule is CC(C)(C)C(=O)[C@@]12C(=O)Oc3ccccc3[C@@H]1[C@@H]2C(=O)c1ccccc1. The summed E-state index contributed by atoms with van der Waals surface area (Å²) in [6, 6.07) is 16.0. The predicted molar refractivity (Wildman–Crippen MR) is 96.0 cm³/mol. The van der Waals surface area contributed by atoms with Gasteiger partial charge in [0.25, 0.3) is 0 Å². The Balaban J connectivity index is 1.87. The number of benzene rings is 2. The monoisotopic (exact) mass is 348 g/mol. The lowest BCUT2D eigenvalue weighted by Crippen LogP contribution is -2.42. The van der Waals surface area contributed by atoms with Gasteiger partial charge >= 0.3 is 5.97 Å². The molecule has 2 aromatic carbocycles. The van der Waals surface area contributed by atoms with Crippen molar-refractivity contribution in [2.45, 2.75) is 26.7 Å². The molecule has 26 heavy (non-hydrogen) atoms. The van der Waals surface area contributed by atoms with Gasteiger partial charge in [0.15, 0.2) is 11.6 Å². The highest BCUT2D eigenvalue weighted by atomic mass is 16.5. The number of rotatable bonds is 3. The summed E-state index contributed by atoms with van der Waals surface area (Å²) < 4.78 is 5.51. The molecule has 1 saturated carbocycles. The van der Waals surface area contributed by atoms with E-state index in [0.29, 0.717) is 11.3 Å². The van der Waals surface area contributed by atoms with Crippen molar-refractivity contribution in [2.24, 2.45) is 16.7 Å². The first-order valence-corrected chi connectivity index (χ1v) is 8.75. The van der Waals surface area contributed by atoms with Gasteiger partial charge in [0.1, 0.15) is 11.2 Å². The summed E-state index contributed by atoms with van der Waals surface area (Å²) in [6.45, 7) is 5.33. The van der Waals surface area contributed by atoms with Crippen LogP contribution in [0.1, 0.15) is 42.6 Å². The van der Waals surface area contributed by atoms with E-state index in [1.54, 1.807) is 57.2 Å². The number of ketones is 2. The molecule has 0 bridgehead atoms. The average molecular weight is 348 g/mol. The van der Waals surface area contributed by atoms with Crippen molar-refractivity contribution < 1.29 is 19.1 Å². The minimum absolute atomic E-state index is 0.179. The molecular formula is C22H20O4. The number of fused-ring (bicyclic) bond motifs is 3. The Morgan fingerprint density at radius 3 is 2.23 bits per heavy atom. The van der Waals surface area contributed by atoms with Crippen LogP contribution in [0.4, 0.5) is 0 Å². The number of hydrogen-bond acceptors (Lipinski definition) is 4. The van der Waals surface area contributed by atoms with Crippen molar-refractivity contribution in [2.75, 3.05) is 0 Å². The number of Topliss-reactive ketones (excluding diaryl/α,β-unsaturated/α-hetero) is 2. The highest BCUT2D eigenvalue weighted by molar-refractivity contribution is 6.20. The van der Waals surface area contributed by atoms with Crippen LogP contribution in [0.2, 0.25) is 0 Å². The number of hydrogen-bond donors (Lipinski definition) is 0. The van der Waals surface area contributed by atoms with Gasteiger partial charge < -0.3 is 4.74 Å². The summed E-state index contributed by atoms with van der Waals surface area (Å²) in [4.78, 5) is 39.5. The minimum atomic E-state index is -1.42. The molecule has 0 N–H and O–H groups in total. The van der Waals surface area contributed by atoms with Crippen LogP contribution in [0.5, 0.6) is 5.75 Å². The van der Waals surface area contributed by atoms with Gasteiger partial charge in [-0.3, -0.25) is 14.4 Å². The minimum Gasteiger partial charge on any atom is -0.425 e. The number of carbonyl (C=O) groups excluding carboxylic acids is 3. The smallest absolute Gasteiger partial charge is 0.326 e. The van der Waals surface area contributed by atoms with Gasteiger partial charge in [-0.1, -0.05) is 69.3 Å². The first-order chi connectivity index (χ1) is 12.3. The first kappa shape index (κ1) is 16.7. The molecule has 0 unspecified atom stereocenters. The molecule has 4 heteroatoms. The lowest BCUT2D eigenvalue weighted by molar-refractivity contribution is -0.151. The van der Waals surface area contributed by atoms with E-state index in [1.165, 1.54) is 0 Å². The Kier molecular flexibility index (Phi) is 3.45. The molecule has 2 aliphatic rings. The van der Waals surface area contributed by atoms with E-state index in [1.807, 2.05) is 18.2 Å². The molecule has 1 fully saturated rings. The summed E-state index contributed by atoms with van der Waals surface area (Å²) in [6.07, 6.45) is 0. The molecule has 4 nitrogen and oxygen atoms in total. The van der Waals surface area contributed by atoms with Gasteiger partial charge in [0.05, 0.1) is 5.92 Å². The van der Waals surface area contributed by atoms with Crippen LogP contribution in [0, 0.1) is 16.7 Å². The van der Waals surface area contributed by atoms with E-state index in [-0.39, 0.29) is 11.6 Å². The van der Waals surface area contributed by atoms with Crippen LogP contribution in [0.25, 0.3) is 0 Å². The van der Waals surface area contributed by atoms with Gasteiger partial charge in [-0.15, -0.1) is 0 Å². The van der Waals surface area contributed by atoms with Gasteiger partial charge in [0.2, 0.25) is 0 Å². The van der Waals surface area contributed by atoms with Crippen molar-refractivity contribution in [3.8, 4) is 5.75 Å². The largest absolute Gasteiger partial charge is 0.425 e. The highest BCUT2D eigenvalue weighted by Gasteiger charge is 2.80. The number of carbonyl (C=O) groups is 3. The maximum atomic E-state index is 13.3. The summed E-state index contributed by atoms with van der Waals surface area (Å²) in [5.74, 6) is -1.74. The second-order valence-corrected chi connectivity index (χ2v) is 8.06. The maximum Gasteiger partial charge on any atom is 0.326 e. The van der Waals surface area contributed by atoms with Crippen LogP contribution in [-0.2, 0) is 9.59 Å². The van der Waals surface area contributed by atoms with Crippen molar-refractivity contribution in [3.63, 3.8) is 0 Å². The Labute approximate surface area is 152 Å². The number of para-hydroxylation sites is 1. The summed E-state index contributed by atoms with van der Waals surface area (Å²) in [5, 5.41) is 0. The fraction of sp³-hybridized carbons (Fsp3) is 0.318. The number of esters is 1. The molecule has 0 spiro atoms. The van der Waals surface area contributed by atoms with Gasteiger partial charge in [0, 0.05) is 22.5 Å². The third-order valence-electron chi connectivity index (χ3n) is 5.40. The first-order valence-electron chi connectivity index (χ1n) is 8.75. The predicted octanol–water partition coefficient (Wildman–Crippen LogP) is 3.80. The molecule has 3 atom stereocenters. The Hall–Kier alpha value is -2.75. The highest BCUT2D eigenvalue weighted by Crippen LogP contribution is 2.71. The lowest BCUT2D eigenvalue weighted by Gasteiger charge is -2.27. The van der Waals surface area contributed by atoms with Crippen LogP contribution in [0.15, 0.2) is 54.6 Å². The Morgan fingerprint density at radius 2 is 1.58 bits per heavy atom. The number of ether oxygens (including phenoxy) is 1. The van der Waals surface area contributed by atoms with Crippen molar-refractivity contribution in [3.05, 3.63) is 65.7 Å². The Bertz CT molecular complexity index is 923. The van der Waals surface area contributed by atoms with Crippen molar-refractivity contribution >= 4 is 17.5 Å². The van der Waals surface area contributed by atoms with E-state index in [0.717, 1.165) is 5.56 Å². The van der Waals surface area contributed by atoms with Crippen LogP contribution in [-0.4, -0.2) is 17.5 Å². The lowest BCUT2D eigenvalue weighted by atomic mass is 9.77. The zero-order chi connectivity index (χ0) is 18.7. The fourth-order valence-electron chi connectivity index (χ4n) is 4.22. The van der Waals surface area contributed by atoms with Gasteiger partial charge in [-0.25, -0.2) is 0 Å². The van der Waals surface area contributed by atoms with Gasteiger partial charge in [-0.2, -0.15) is 0 Å². The molecule has 0 radical (unpaired) electrons. The van der Waals surface area contributed by atoms with Crippen LogP contribution in [0.3, 0.4) is 0 Å². The zero-order valence-corrected chi connectivity index (χ0v) is 15.0. The maximum absolute atomic E-state index is 13.3. The van der Waals surface area contributed by atoms with Gasteiger partial charge in [-0.05, 0) is 6.07 Å². The average Bonchev–Trinajstić information content (AvgIpc) is 3.32. The van der Waals surface area contributed by atoms with Crippen LogP contribution >= 0.6 is 0 Å². The zero-order valence-electron chi connectivity index (χ0n) is 15.0. The van der Waals surface area contributed by atoms with Crippen molar-refractivity contribution in [1.82, 2.24) is 0 Å². The van der Waals surface area contributed by atoms with E-state index < -0.39 is 28.6 Å². The molecule has 0 amide bonds. The third kappa shape index (κ3) is 2.11. The summed E-state index contributed by atoms with van der Waals surface area (Å²) >= 11 is 0. The second-order valence-electron chi connectivity index (χ2n) is 8.06. The fourth-order valence-corrected chi connectivity index (χ4v) is 4.22. The van der Waals surface area contributed by atoms with E-state index in [9.17, 15) is 14.4 Å². The molecule has 1 heterocycles. The topological polar surface area (TPSA) is 60.4 Å². The molecule has 1 aliphatic heterocycles. The van der Waals surface area contributed by atoms with Crippen molar-refractivity contribution in [1.29, 1.82) is 0 Å². The van der Waals surface area contributed by atoms with Crippen LogP contribution < -0.4 is 4.74 Å². The third-order valence-corrected chi connectivity index (χ3v) is 5.40.